The molecular weight excluding hydrogens is 345 g/mol. The fraction of sp³-hybridized carbons (Fsp3) is 0.933. The van der Waals surface area contributed by atoms with Crippen LogP contribution < -0.4 is 27.2 Å². The third kappa shape index (κ3) is 10.4. The summed E-state index contributed by atoms with van der Waals surface area (Å²) in [6.07, 6.45) is 0.789. The van der Waals surface area contributed by atoms with Gasteiger partial charge in [-0.15, -0.1) is 0 Å². The molecule has 0 bridgehead atoms. The summed E-state index contributed by atoms with van der Waals surface area (Å²) in [5.41, 5.74) is 2.57. The summed E-state index contributed by atoms with van der Waals surface area (Å²) in [5, 5.41) is 19.3. The minimum absolute atomic E-state index is 0.129. The van der Waals surface area contributed by atoms with E-state index in [1.165, 1.54) is 7.11 Å². The van der Waals surface area contributed by atoms with Gasteiger partial charge in [-0.1, -0.05) is 0 Å². The number of carbonyl (C=O) groups is 1. The van der Waals surface area contributed by atoms with E-state index >= 15 is 0 Å². The van der Waals surface area contributed by atoms with Crippen LogP contribution in [0.4, 0.5) is 0 Å². The van der Waals surface area contributed by atoms with Crippen LogP contribution in [0.2, 0.25) is 0 Å². The van der Waals surface area contributed by atoms with Crippen molar-refractivity contribution in [3.63, 3.8) is 0 Å². The molecule has 1 unspecified atom stereocenters. The first kappa shape index (κ1) is 24.6. The summed E-state index contributed by atoms with van der Waals surface area (Å²) in [6, 6.07) is -0.784. The number of amides is 1. The zero-order valence-corrected chi connectivity index (χ0v) is 17.1. The first-order valence-electron chi connectivity index (χ1n) is 8.78. The Labute approximate surface area is 151 Å². The van der Waals surface area contributed by atoms with Crippen LogP contribution in [0.25, 0.3) is 0 Å². The molecule has 10 heteroatoms. The van der Waals surface area contributed by atoms with Crippen molar-refractivity contribution in [1.82, 2.24) is 21.4 Å². The molecule has 0 aromatic carbocycles. The Balaban J connectivity index is 4.70. The molecule has 0 aliphatic carbocycles. The maximum atomic E-state index is 12.4. The Morgan fingerprint density at radius 2 is 1.96 bits per heavy atom. The average molecular weight is 383 g/mol. The molecule has 3 atom stereocenters. The van der Waals surface area contributed by atoms with E-state index in [-0.39, 0.29) is 17.9 Å². The van der Waals surface area contributed by atoms with Crippen LogP contribution in [0.1, 0.15) is 26.7 Å². The Hall–Kier alpha value is -0.380. The number of hydrogen-bond acceptors (Lipinski definition) is 8. The fourth-order valence-electron chi connectivity index (χ4n) is 2.47. The molecule has 0 aliphatic heterocycles. The third-order valence-electron chi connectivity index (χ3n) is 4.19. The van der Waals surface area contributed by atoms with Gasteiger partial charge in [0.1, 0.15) is 0 Å². The fourth-order valence-corrected chi connectivity index (χ4v) is 3.28. The van der Waals surface area contributed by atoms with Crippen molar-refractivity contribution in [1.29, 1.82) is 0 Å². The molecule has 152 valence electrons. The van der Waals surface area contributed by atoms with Crippen molar-refractivity contribution in [3.05, 3.63) is 0 Å². The number of nitrogens with one attached hydrogen (secondary N) is 4. The molecule has 0 aromatic heterocycles. The van der Waals surface area contributed by atoms with E-state index in [1.807, 2.05) is 13.8 Å². The zero-order valence-electron chi connectivity index (χ0n) is 16.1. The third-order valence-corrected chi connectivity index (χ3v) is 6.24. The number of nitrogens with two attached hydrogens (primary N) is 1. The van der Waals surface area contributed by atoms with Crippen LogP contribution in [-0.2, 0) is 9.32 Å². The number of aliphatic hydroxyl groups excluding tert-OH is 1. The molecule has 0 saturated heterocycles. The zero-order chi connectivity index (χ0) is 19.5. The Morgan fingerprint density at radius 1 is 1.32 bits per heavy atom. The van der Waals surface area contributed by atoms with Crippen LogP contribution in [0.5, 0.6) is 0 Å². The molecule has 0 aromatic rings. The van der Waals surface area contributed by atoms with Crippen molar-refractivity contribution >= 4 is 13.6 Å². The summed E-state index contributed by atoms with van der Waals surface area (Å²) in [5.74, 6) is 5.26. The summed E-state index contributed by atoms with van der Waals surface area (Å²) < 4.78 is 5.07. The maximum absolute atomic E-state index is 12.4. The molecule has 0 saturated carbocycles. The number of aliphatic hydroxyl groups is 1. The Kier molecular flexibility index (Phi) is 12.7. The van der Waals surface area contributed by atoms with Crippen LogP contribution in [0, 0.1) is 5.92 Å². The Bertz CT molecular complexity index is 374. The van der Waals surface area contributed by atoms with Gasteiger partial charge in [0, 0.05) is 0 Å². The van der Waals surface area contributed by atoms with E-state index in [9.17, 15) is 14.8 Å². The van der Waals surface area contributed by atoms with E-state index in [4.69, 9.17) is 10.4 Å². The van der Waals surface area contributed by atoms with Crippen molar-refractivity contribution < 1.29 is 19.3 Å². The first-order chi connectivity index (χ1) is 11.7. The molecule has 0 aliphatic rings. The van der Waals surface area contributed by atoms with Gasteiger partial charge in [0.25, 0.3) is 0 Å². The summed E-state index contributed by atoms with van der Waals surface area (Å²) in [6.45, 7) is 6.59. The van der Waals surface area contributed by atoms with Crippen LogP contribution in [0.15, 0.2) is 0 Å². The predicted octanol–water partition coefficient (Wildman–Crippen LogP) is -1.28. The first-order valence-corrected chi connectivity index (χ1v) is 11.3. The molecule has 9 nitrogen and oxygen atoms in total. The van der Waals surface area contributed by atoms with Crippen LogP contribution >= 0.6 is 7.72 Å². The monoisotopic (exact) mass is 383 g/mol. The number of hydrazine groups is 1. The van der Waals surface area contributed by atoms with Gasteiger partial charge in [0.2, 0.25) is 0 Å². The number of rotatable bonds is 14. The van der Waals surface area contributed by atoms with Crippen LogP contribution in [0.3, 0.4) is 0 Å². The second kappa shape index (κ2) is 12.9. The molecular formula is C15H38N5O4P. The topological polar surface area (TPSA) is 141 Å². The normalized spacial score (nSPS) is 16.5. The predicted molar refractivity (Wildman–Crippen MR) is 103 cm³/mol. The van der Waals surface area contributed by atoms with Crippen LogP contribution in [-0.4, -0.2) is 74.3 Å². The number of likely N-dealkylation sites (N-methyl/N-ethyl adjacent to an activating group) is 1. The molecule has 1 amide bonds. The van der Waals surface area contributed by atoms with Gasteiger partial charge >= 0.3 is 151 Å². The van der Waals surface area contributed by atoms with Gasteiger partial charge in [0.05, 0.1) is 0 Å². The molecule has 25 heavy (non-hydrogen) atoms. The van der Waals surface area contributed by atoms with Gasteiger partial charge in [-0.25, -0.2) is 0 Å². The van der Waals surface area contributed by atoms with Gasteiger partial charge in [-0.3, -0.25) is 0 Å². The molecule has 0 spiro atoms. The summed E-state index contributed by atoms with van der Waals surface area (Å²) >= 11 is 0. The van der Waals surface area contributed by atoms with E-state index in [0.29, 0.717) is 32.1 Å². The number of carbonyl (C=O) groups excluding carboxylic acids is 1. The van der Waals surface area contributed by atoms with E-state index in [2.05, 4.69) is 21.4 Å². The van der Waals surface area contributed by atoms with Crippen molar-refractivity contribution in [2.45, 2.75) is 45.0 Å². The van der Waals surface area contributed by atoms with E-state index < -0.39 is 20.0 Å². The van der Waals surface area contributed by atoms with E-state index in [1.54, 1.807) is 13.7 Å². The standard InChI is InChI=1S/C15H38N5O4P/c1-11(2)13(17-3)15(22)20-12(7-6-8-19-16)14(21)18-9-10-25(5,23)24-4/h11-14,17-19,21,23,25H,6-10,16H2,1-5H3,(H,20,22)/t12-,13-,14?/m0/s1. The van der Waals surface area contributed by atoms with Gasteiger partial charge < -0.3 is 0 Å². The van der Waals surface area contributed by atoms with Crippen molar-refractivity contribution in [3.8, 4) is 0 Å². The number of hydrogen-bond donors (Lipinski definition) is 7. The van der Waals surface area contributed by atoms with E-state index in [0.717, 1.165) is 0 Å². The summed E-state index contributed by atoms with van der Waals surface area (Å²) in [7, 11) is 0.543. The second-order valence-corrected chi connectivity index (χ2v) is 10.0. The van der Waals surface area contributed by atoms with Gasteiger partial charge in [-0.2, -0.15) is 0 Å². The summed E-state index contributed by atoms with van der Waals surface area (Å²) in [4.78, 5) is 22.4. The van der Waals surface area contributed by atoms with Crippen molar-refractivity contribution in [2.75, 3.05) is 40.1 Å². The average Bonchev–Trinajstić information content (AvgIpc) is 2.54. The SMILES string of the molecule is CN[C@H](C(=O)N[C@@H](CCCNN)C(O)NCC[PH](C)(O)OC)C(C)C. The van der Waals surface area contributed by atoms with Crippen molar-refractivity contribution in [2.24, 2.45) is 11.8 Å². The quantitative estimate of drug-likeness (QED) is 0.0646. The molecule has 0 heterocycles. The minimum atomic E-state index is -2.68. The van der Waals surface area contributed by atoms with Gasteiger partial charge in [0.15, 0.2) is 0 Å². The Morgan fingerprint density at radius 3 is 2.44 bits per heavy atom. The molecule has 0 fully saturated rings. The molecule has 8 N–H and O–H groups in total. The second-order valence-electron chi connectivity index (χ2n) is 6.75. The molecule has 0 radical (unpaired) electrons. The van der Waals surface area contributed by atoms with Gasteiger partial charge in [-0.05, 0) is 0 Å². The molecule has 0 rings (SSSR count).